The predicted molar refractivity (Wildman–Crippen MR) is 95.9 cm³/mol. The molecule has 2 aromatic rings. The molecule has 25 heavy (non-hydrogen) atoms. The van der Waals surface area contributed by atoms with E-state index >= 15 is 0 Å². The van der Waals surface area contributed by atoms with Gasteiger partial charge in [-0.3, -0.25) is 10.1 Å². The van der Waals surface area contributed by atoms with Crippen molar-refractivity contribution in [2.75, 3.05) is 23.5 Å². The average Bonchev–Trinajstić information content (AvgIpc) is 3.13. The minimum atomic E-state index is -0.479. The summed E-state index contributed by atoms with van der Waals surface area (Å²) in [6.07, 6.45) is 0. The van der Waals surface area contributed by atoms with E-state index in [1.54, 1.807) is 12.1 Å². The van der Waals surface area contributed by atoms with Crippen LogP contribution in [-0.4, -0.2) is 24.2 Å². The maximum Gasteiger partial charge on any atom is 0.269 e. The highest BCUT2D eigenvalue weighted by Crippen LogP contribution is 2.55. The maximum absolute atomic E-state index is 10.9. The Morgan fingerprint density at radius 2 is 1.80 bits per heavy atom. The van der Waals surface area contributed by atoms with Crippen LogP contribution in [0.5, 0.6) is 0 Å². The lowest BCUT2D eigenvalue weighted by atomic mass is 9.75. The van der Waals surface area contributed by atoms with Crippen molar-refractivity contribution < 1.29 is 4.92 Å². The van der Waals surface area contributed by atoms with Gasteiger partial charge in [-0.1, -0.05) is 37.3 Å². The van der Waals surface area contributed by atoms with Gasteiger partial charge in [0.2, 0.25) is 0 Å². The van der Waals surface area contributed by atoms with Gasteiger partial charge in [-0.05, 0) is 23.8 Å². The van der Waals surface area contributed by atoms with Crippen molar-refractivity contribution in [3.63, 3.8) is 0 Å². The number of fused-ring (bicyclic) bond motifs is 1. The summed E-state index contributed by atoms with van der Waals surface area (Å²) in [6, 6.07) is 14.8. The molecular formula is C18H19N5O2. The number of nitrogens with zero attached hydrogens (tertiary/aromatic N) is 5. The molecule has 7 nitrogen and oxygen atoms in total. The number of likely N-dealkylation sites (N-methyl/N-ethyl adjacent to an activating group) is 1. The molecule has 0 aliphatic carbocycles. The Labute approximate surface area is 145 Å². The van der Waals surface area contributed by atoms with E-state index in [9.17, 15) is 10.1 Å². The third kappa shape index (κ3) is 1.86. The number of anilines is 2. The van der Waals surface area contributed by atoms with Gasteiger partial charge in [-0.2, -0.15) is 5.11 Å². The number of hydrogen-bond acceptors (Lipinski definition) is 6. The van der Waals surface area contributed by atoms with E-state index in [-0.39, 0.29) is 11.1 Å². The number of rotatable bonds is 2. The molecule has 2 aromatic carbocycles. The van der Waals surface area contributed by atoms with E-state index < -0.39 is 10.6 Å². The molecule has 0 bridgehead atoms. The minimum Gasteiger partial charge on any atom is -0.348 e. The van der Waals surface area contributed by atoms with Crippen molar-refractivity contribution in [2.45, 2.75) is 24.9 Å². The summed E-state index contributed by atoms with van der Waals surface area (Å²) >= 11 is 0. The quantitative estimate of drug-likeness (QED) is 0.615. The predicted octanol–water partition coefficient (Wildman–Crippen LogP) is 3.91. The minimum absolute atomic E-state index is 0.0660. The van der Waals surface area contributed by atoms with Crippen molar-refractivity contribution in [2.24, 2.45) is 10.3 Å². The number of benzene rings is 2. The molecule has 2 aliphatic heterocycles. The molecule has 1 unspecified atom stereocenters. The van der Waals surface area contributed by atoms with Gasteiger partial charge in [-0.25, -0.2) is 5.01 Å². The van der Waals surface area contributed by atoms with Crippen molar-refractivity contribution in [1.29, 1.82) is 0 Å². The molecule has 0 fully saturated rings. The Hall–Kier alpha value is -2.96. The molecule has 0 aromatic heterocycles. The normalized spacial score (nSPS) is 23.3. The fraction of sp³-hybridized carbons (Fsp3) is 0.333. The molecular weight excluding hydrogens is 318 g/mol. The molecule has 0 amide bonds. The highest BCUT2D eigenvalue weighted by molar-refractivity contribution is 5.70. The zero-order valence-electron chi connectivity index (χ0n) is 14.4. The summed E-state index contributed by atoms with van der Waals surface area (Å²) in [7, 11) is 2.06. The monoisotopic (exact) mass is 337 g/mol. The van der Waals surface area contributed by atoms with Crippen molar-refractivity contribution in [3.05, 3.63) is 64.2 Å². The van der Waals surface area contributed by atoms with Gasteiger partial charge in [-0.15, -0.1) is 0 Å². The first kappa shape index (κ1) is 15.6. The molecule has 0 saturated carbocycles. The zero-order valence-corrected chi connectivity index (χ0v) is 14.4. The topological polar surface area (TPSA) is 74.3 Å². The third-order valence-electron chi connectivity index (χ3n) is 5.59. The second-order valence-corrected chi connectivity index (χ2v) is 6.99. The molecule has 1 spiro atoms. The van der Waals surface area contributed by atoms with Gasteiger partial charge < -0.3 is 4.90 Å². The smallest absolute Gasteiger partial charge is 0.269 e. The fourth-order valence-corrected chi connectivity index (χ4v) is 4.15. The van der Waals surface area contributed by atoms with Crippen molar-refractivity contribution in [3.8, 4) is 0 Å². The highest BCUT2D eigenvalue weighted by atomic mass is 16.6. The number of non-ortho nitro benzene ring substituents is 1. The number of nitro groups is 1. The molecule has 128 valence electrons. The number of hydrogen-bond donors (Lipinski definition) is 0. The van der Waals surface area contributed by atoms with Crippen LogP contribution in [0.3, 0.4) is 0 Å². The first-order valence-corrected chi connectivity index (χ1v) is 8.15. The average molecular weight is 337 g/mol. The molecule has 0 radical (unpaired) electrons. The summed E-state index contributed by atoms with van der Waals surface area (Å²) < 4.78 is 0. The maximum atomic E-state index is 10.9. The van der Waals surface area contributed by atoms with E-state index in [2.05, 4.69) is 48.3 Å². The van der Waals surface area contributed by atoms with Crippen LogP contribution >= 0.6 is 0 Å². The number of para-hydroxylation sites is 1. The number of nitro benzene ring substituents is 1. The van der Waals surface area contributed by atoms with Crippen molar-refractivity contribution >= 4 is 17.1 Å². The van der Waals surface area contributed by atoms with Gasteiger partial charge in [0.1, 0.15) is 6.54 Å². The molecule has 1 atom stereocenters. The Balaban J connectivity index is 1.83. The summed E-state index contributed by atoms with van der Waals surface area (Å²) in [6.45, 7) is 4.93. The van der Waals surface area contributed by atoms with E-state index in [0.717, 1.165) is 11.4 Å². The van der Waals surface area contributed by atoms with Gasteiger partial charge >= 0.3 is 0 Å². The van der Waals surface area contributed by atoms with Crippen LogP contribution in [0.2, 0.25) is 0 Å². The van der Waals surface area contributed by atoms with Crippen LogP contribution in [0.15, 0.2) is 58.9 Å². The molecule has 0 saturated heterocycles. The molecule has 4 rings (SSSR count). The lowest BCUT2D eigenvalue weighted by molar-refractivity contribution is -0.384. The Morgan fingerprint density at radius 1 is 1.12 bits per heavy atom. The molecule has 0 N–H and O–H groups in total. The molecule has 2 aliphatic rings. The van der Waals surface area contributed by atoms with E-state index in [4.69, 9.17) is 0 Å². The summed E-state index contributed by atoms with van der Waals surface area (Å²) in [4.78, 5) is 12.8. The second kappa shape index (κ2) is 5.02. The van der Waals surface area contributed by atoms with Gasteiger partial charge in [0.05, 0.1) is 10.6 Å². The lowest BCUT2D eigenvalue weighted by Crippen LogP contribution is -2.64. The standard InChI is InChI=1S/C18H19N5O2/c1-17(2)15-6-4-5-7-16(15)21(3)18(17)12-19-20-22(18)13-8-10-14(11-9-13)23(24)25/h4-11H,12H2,1-3H3. The molecule has 7 heteroatoms. The second-order valence-electron chi connectivity index (χ2n) is 6.99. The van der Waals surface area contributed by atoms with Crippen LogP contribution in [0.25, 0.3) is 0 Å². The van der Waals surface area contributed by atoms with Crippen LogP contribution < -0.4 is 9.91 Å². The fourth-order valence-electron chi connectivity index (χ4n) is 4.15. The highest BCUT2D eigenvalue weighted by Gasteiger charge is 2.61. The third-order valence-corrected chi connectivity index (χ3v) is 5.59. The Bertz CT molecular complexity index is 877. The van der Waals surface area contributed by atoms with Crippen LogP contribution in [0.1, 0.15) is 19.4 Å². The SMILES string of the molecule is CN1c2ccccc2C(C)(C)C12CN=NN2c1ccc([N+](=O)[O-])cc1. The van der Waals surface area contributed by atoms with Gasteiger partial charge in [0, 0.05) is 30.3 Å². The largest absolute Gasteiger partial charge is 0.348 e. The van der Waals surface area contributed by atoms with Crippen LogP contribution in [0.4, 0.5) is 17.1 Å². The van der Waals surface area contributed by atoms with E-state index in [1.807, 2.05) is 17.1 Å². The molecule has 2 heterocycles. The Morgan fingerprint density at radius 3 is 2.44 bits per heavy atom. The van der Waals surface area contributed by atoms with Gasteiger partial charge in [0.15, 0.2) is 5.66 Å². The van der Waals surface area contributed by atoms with Crippen LogP contribution in [0, 0.1) is 10.1 Å². The van der Waals surface area contributed by atoms with Crippen LogP contribution in [-0.2, 0) is 5.41 Å². The first-order valence-electron chi connectivity index (χ1n) is 8.15. The zero-order chi connectivity index (χ0) is 17.8. The first-order chi connectivity index (χ1) is 11.9. The summed E-state index contributed by atoms with van der Waals surface area (Å²) in [5.74, 6) is 0. The van der Waals surface area contributed by atoms with E-state index in [0.29, 0.717) is 6.54 Å². The Kier molecular flexibility index (Phi) is 3.12. The van der Waals surface area contributed by atoms with Crippen molar-refractivity contribution in [1.82, 2.24) is 0 Å². The lowest BCUT2D eigenvalue weighted by Gasteiger charge is -2.47. The van der Waals surface area contributed by atoms with Gasteiger partial charge in [0.25, 0.3) is 5.69 Å². The summed E-state index contributed by atoms with van der Waals surface area (Å²) in [5, 5.41) is 21.6. The van der Waals surface area contributed by atoms with E-state index in [1.165, 1.54) is 17.7 Å². The summed E-state index contributed by atoms with van der Waals surface area (Å²) in [5.41, 5.74) is 2.55.